The van der Waals surface area contributed by atoms with Crippen molar-refractivity contribution < 1.29 is 9.26 Å². The third kappa shape index (κ3) is 6.03. The fraction of sp³-hybridized carbons (Fsp3) is 0.281. The molecule has 7 heteroatoms. The summed E-state index contributed by atoms with van der Waals surface area (Å²) in [4.78, 5) is 21.5. The van der Waals surface area contributed by atoms with Gasteiger partial charge in [0.25, 0.3) is 0 Å². The predicted octanol–water partition coefficient (Wildman–Crippen LogP) is 7.02. The molecule has 0 saturated carbocycles. The highest BCUT2D eigenvalue weighted by Gasteiger charge is 2.22. The number of allylic oxidation sites excluding steroid dienone is 1. The summed E-state index contributed by atoms with van der Waals surface area (Å²) >= 11 is 0. The summed E-state index contributed by atoms with van der Waals surface area (Å²) < 4.78 is 10.5. The van der Waals surface area contributed by atoms with Crippen molar-refractivity contribution >= 4 is 11.4 Å². The van der Waals surface area contributed by atoms with E-state index in [4.69, 9.17) is 14.3 Å². The van der Waals surface area contributed by atoms with Crippen LogP contribution in [-0.2, 0) is 6.42 Å². The molecule has 0 saturated heterocycles. The maximum absolute atomic E-state index is 11.5. The number of rotatable bonds is 9. The van der Waals surface area contributed by atoms with Gasteiger partial charge in [0.1, 0.15) is 11.9 Å². The Hall–Kier alpha value is -4.39. The summed E-state index contributed by atoms with van der Waals surface area (Å²) in [5.74, 6) is 0.725. The minimum Gasteiger partial charge on any atom is -0.491 e. The average Bonchev–Trinajstić information content (AvgIpc) is 3.37. The van der Waals surface area contributed by atoms with Crippen LogP contribution in [0.3, 0.4) is 0 Å². The molecule has 0 spiro atoms. The van der Waals surface area contributed by atoms with E-state index in [1.54, 1.807) is 0 Å². The van der Waals surface area contributed by atoms with Crippen LogP contribution in [0.15, 0.2) is 98.9 Å². The molecule has 200 valence electrons. The van der Waals surface area contributed by atoms with E-state index in [9.17, 15) is 4.79 Å². The molecule has 39 heavy (non-hydrogen) atoms. The lowest BCUT2D eigenvalue weighted by Gasteiger charge is -2.32. The van der Waals surface area contributed by atoms with Crippen molar-refractivity contribution in [2.45, 2.75) is 59.2 Å². The van der Waals surface area contributed by atoms with E-state index in [1.165, 1.54) is 16.8 Å². The number of nitrogens with one attached hydrogen (secondary N) is 1. The van der Waals surface area contributed by atoms with E-state index in [2.05, 4.69) is 71.5 Å². The third-order valence-electron chi connectivity index (χ3n) is 6.69. The van der Waals surface area contributed by atoms with Crippen LogP contribution in [0.5, 0.6) is 5.75 Å². The van der Waals surface area contributed by atoms with Gasteiger partial charge in [-0.2, -0.15) is 0 Å². The molecule has 5 rings (SSSR count). The number of hydrogen-bond acceptors (Lipinski definition) is 6. The molecule has 1 aromatic heterocycles. The highest BCUT2D eigenvalue weighted by molar-refractivity contribution is 6.02. The fourth-order valence-corrected chi connectivity index (χ4v) is 4.90. The van der Waals surface area contributed by atoms with E-state index in [0.29, 0.717) is 5.82 Å². The number of aromatic nitrogens is 2. The van der Waals surface area contributed by atoms with Crippen molar-refractivity contribution in [1.29, 1.82) is 0 Å². The first kappa shape index (κ1) is 26.2. The van der Waals surface area contributed by atoms with E-state index in [-0.39, 0.29) is 12.3 Å². The first-order chi connectivity index (χ1) is 18.9. The number of anilines is 1. The molecule has 0 bridgehead atoms. The zero-order valence-electron chi connectivity index (χ0n) is 22.8. The van der Waals surface area contributed by atoms with Crippen LogP contribution in [0.4, 0.5) is 5.69 Å². The van der Waals surface area contributed by atoms with Crippen molar-refractivity contribution in [3.8, 4) is 28.3 Å². The standard InChI is InChI=1S/C32H34N4O3/c1-5-8-30-25(20-36(22(4)33-30)26-15-17-27(18-16-26)38-21(2)3)19-23-11-13-24(14-12-23)28-9-6-7-10-29(28)31-34-32(37)39-35-31/h6-7,9-18,20-22H,5,8,19H2,1-4H3,(H,34,35,37). The van der Waals surface area contributed by atoms with Gasteiger partial charge in [0.2, 0.25) is 0 Å². The molecule has 0 aliphatic carbocycles. The third-order valence-corrected chi connectivity index (χ3v) is 6.69. The van der Waals surface area contributed by atoms with Crippen LogP contribution in [0.2, 0.25) is 0 Å². The quantitative estimate of drug-likeness (QED) is 0.255. The number of aromatic amines is 1. The Balaban J connectivity index is 1.40. The van der Waals surface area contributed by atoms with Crippen LogP contribution < -0.4 is 15.4 Å². The van der Waals surface area contributed by atoms with Crippen molar-refractivity contribution in [3.63, 3.8) is 0 Å². The summed E-state index contributed by atoms with van der Waals surface area (Å²) in [6.07, 6.45) is 5.20. The van der Waals surface area contributed by atoms with Gasteiger partial charge in [0.15, 0.2) is 5.82 Å². The number of H-pyrrole nitrogens is 1. The average molecular weight is 523 g/mol. The van der Waals surface area contributed by atoms with Crippen molar-refractivity contribution in [2.75, 3.05) is 4.90 Å². The van der Waals surface area contributed by atoms with Crippen LogP contribution in [0.25, 0.3) is 22.5 Å². The van der Waals surface area contributed by atoms with E-state index in [1.807, 2.05) is 50.2 Å². The first-order valence-electron chi connectivity index (χ1n) is 13.5. The molecule has 1 aliphatic heterocycles. The maximum atomic E-state index is 11.5. The molecule has 4 aromatic rings. The van der Waals surface area contributed by atoms with E-state index >= 15 is 0 Å². The lowest BCUT2D eigenvalue weighted by Crippen LogP contribution is -2.33. The second-order valence-electron chi connectivity index (χ2n) is 10.0. The minimum absolute atomic E-state index is 0.0222. The van der Waals surface area contributed by atoms with Crippen molar-refractivity contribution in [2.24, 2.45) is 4.99 Å². The largest absolute Gasteiger partial charge is 0.491 e. The van der Waals surface area contributed by atoms with Gasteiger partial charge in [-0.3, -0.25) is 14.5 Å². The van der Waals surface area contributed by atoms with Crippen molar-refractivity contribution in [3.05, 3.63) is 101 Å². The lowest BCUT2D eigenvalue weighted by atomic mass is 9.94. The number of nitrogens with zero attached hydrogens (tertiary/aromatic N) is 3. The maximum Gasteiger partial charge on any atom is 0.439 e. The summed E-state index contributed by atoms with van der Waals surface area (Å²) in [5, 5.41) is 3.87. The molecule has 1 atom stereocenters. The second-order valence-corrected chi connectivity index (χ2v) is 10.0. The van der Waals surface area contributed by atoms with Crippen LogP contribution in [-0.4, -0.2) is 28.1 Å². The predicted molar refractivity (Wildman–Crippen MR) is 156 cm³/mol. The number of ether oxygens (including phenoxy) is 1. The molecule has 2 heterocycles. The fourth-order valence-electron chi connectivity index (χ4n) is 4.90. The Labute approximate surface area is 228 Å². The number of benzene rings is 3. The van der Waals surface area contributed by atoms with Gasteiger partial charge in [-0.1, -0.05) is 67.0 Å². The van der Waals surface area contributed by atoms with Gasteiger partial charge in [0.05, 0.1) is 6.10 Å². The number of hydrogen-bond donors (Lipinski definition) is 1. The molecule has 1 N–H and O–H groups in total. The Bertz CT molecular complexity index is 1530. The lowest BCUT2D eigenvalue weighted by molar-refractivity contribution is 0.242. The molecular formula is C32H34N4O3. The topological polar surface area (TPSA) is 83.7 Å². The van der Waals surface area contributed by atoms with Crippen LogP contribution >= 0.6 is 0 Å². The monoisotopic (exact) mass is 522 g/mol. The van der Waals surface area contributed by atoms with Gasteiger partial charge >= 0.3 is 5.76 Å². The summed E-state index contributed by atoms with van der Waals surface area (Å²) in [6.45, 7) is 8.39. The smallest absolute Gasteiger partial charge is 0.439 e. The Morgan fingerprint density at radius 2 is 1.72 bits per heavy atom. The van der Waals surface area contributed by atoms with Gasteiger partial charge in [-0.25, -0.2) is 4.79 Å². The Morgan fingerprint density at radius 1 is 1.00 bits per heavy atom. The molecule has 7 nitrogen and oxygen atoms in total. The zero-order chi connectivity index (χ0) is 27.4. The number of aliphatic imine (C=N–C) groups is 1. The first-order valence-corrected chi connectivity index (χ1v) is 13.5. The summed E-state index contributed by atoms with van der Waals surface area (Å²) in [7, 11) is 0. The highest BCUT2D eigenvalue weighted by atomic mass is 16.5. The molecular weight excluding hydrogens is 488 g/mol. The minimum atomic E-state index is -0.566. The summed E-state index contributed by atoms with van der Waals surface area (Å²) in [5.41, 5.74) is 7.53. The molecule has 1 unspecified atom stereocenters. The molecule has 0 amide bonds. The van der Waals surface area contributed by atoms with Gasteiger partial charge < -0.3 is 9.64 Å². The molecule has 1 aliphatic rings. The van der Waals surface area contributed by atoms with Crippen molar-refractivity contribution in [1.82, 2.24) is 10.1 Å². The normalized spacial score (nSPS) is 15.3. The Kier molecular flexibility index (Phi) is 7.77. The van der Waals surface area contributed by atoms with Gasteiger partial charge in [0, 0.05) is 29.6 Å². The van der Waals surface area contributed by atoms with Crippen LogP contribution in [0, 0.1) is 0 Å². The molecule has 0 fully saturated rings. The van der Waals surface area contributed by atoms with E-state index < -0.39 is 5.76 Å². The summed E-state index contributed by atoms with van der Waals surface area (Å²) in [6, 6.07) is 24.6. The second kappa shape index (κ2) is 11.6. The highest BCUT2D eigenvalue weighted by Crippen LogP contribution is 2.31. The van der Waals surface area contributed by atoms with Crippen LogP contribution in [0.1, 0.15) is 46.1 Å². The van der Waals surface area contributed by atoms with E-state index in [0.717, 1.165) is 47.4 Å². The van der Waals surface area contributed by atoms with Gasteiger partial charge in [-0.05, 0) is 73.7 Å². The Morgan fingerprint density at radius 3 is 2.36 bits per heavy atom. The SMILES string of the molecule is CCCC1=NC(C)N(c2ccc(OC(C)C)cc2)C=C1Cc1ccc(-c2ccccc2-c2noc(=O)[nH]2)cc1. The molecule has 3 aromatic carbocycles. The molecule has 0 radical (unpaired) electrons. The van der Waals surface area contributed by atoms with Gasteiger partial charge in [-0.15, -0.1) is 0 Å². The zero-order valence-corrected chi connectivity index (χ0v) is 22.8.